The highest BCUT2D eigenvalue weighted by Gasteiger charge is 2.21. The molecule has 1 unspecified atom stereocenters. The van der Waals surface area contributed by atoms with E-state index in [2.05, 4.69) is 38.5 Å². The lowest BCUT2D eigenvalue weighted by molar-refractivity contribution is 0.278. The summed E-state index contributed by atoms with van der Waals surface area (Å²) in [7, 11) is 0.800. The van der Waals surface area contributed by atoms with Crippen LogP contribution in [-0.2, 0) is 24.0 Å². The summed E-state index contributed by atoms with van der Waals surface area (Å²) < 4.78 is 19.8. The predicted molar refractivity (Wildman–Crippen MR) is 138 cm³/mol. The Hall–Kier alpha value is -2.49. The number of aliphatic imine (C=N–C) groups is 1. The Kier molecular flexibility index (Phi) is 8.53. The van der Waals surface area contributed by atoms with Crippen LogP contribution in [0.25, 0.3) is 0 Å². The zero-order valence-corrected chi connectivity index (χ0v) is 21.0. The lowest BCUT2D eigenvalue weighted by Crippen LogP contribution is -2.34. The van der Waals surface area contributed by atoms with Gasteiger partial charge in [0.15, 0.2) is 0 Å². The zero-order chi connectivity index (χ0) is 23.9. The van der Waals surface area contributed by atoms with E-state index >= 15 is 0 Å². The Labute approximate surface area is 205 Å². The van der Waals surface area contributed by atoms with Crippen LogP contribution < -0.4 is 20.9 Å². The van der Waals surface area contributed by atoms with E-state index < -0.39 is 11.0 Å². The van der Waals surface area contributed by atoms with Crippen LogP contribution >= 0.6 is 0 Å². The number of piperidine rings is 1. The molecule has 0 bridgehead atoms. The summed E-state index contributed by atoms with van der Waals surface area (Å²) in [6, 6.07) is 10.4. The second kappa shape index (κ2) is 11.8. The average Bonchev–Trinajstić information content (AvgIpc) is 2.88. The number of hydrogen-bond acceptors (Lipinski definition) is 6. The molecule has 3 N–H and O–H groups in total. The van der Waals surface area contributed by atoms with Crippen molar-refractivity contribution in [1.82, 2.24) is 14.7 Å². The van der Waals surface area contributed by atoms with E-state index in [-0.39, 0.29) is 0 Å². The topological polar surface area (TPSA) is 96.1 Å². The van der Waals surface area contributed by atoms with E-state index in [0.29, 0.717) is 5.84 Å². The highest BCUT2D eigenvalue weighted by atomic mass is 32.2. The summed E-state index contributed by atoms with van der Waals surface area (Å²) in [6.45, 7) is 4.43. The number of rotatable bonds is 8. The number of pyridine rings is 1. The first-order valence-corrected chi connectivity index (χ1v) is 13.6. The molecular weight excluding hydrogens is 448 g/mol. The van der Waals surface area contributed by atoms with E-state index in [4.69, 9.17) is 10.6 Å². The Morgan fingerprint density at radius 3 is 2.74 bits per heavy atom. The van der Waals surface area contributed by atoms with Crippen molar-refractivity contribution < 1.29 is 8.95 Å². The minimum atomic E-state index is -0.906. The average molecular weight is 485 g/mol. The molecule has 3 heterocycles. The second-order valence-corrected chi connectivity index (χ2v) is 10.4. The molecule has 0 saturated carbocycles. The predicted octanol–water partition coefficient (Wildman–Crippen LogP) is 2.65. The molecular formula is C25H36N6O2S. The van der Waals surface area contributed by atoms with Crippen molar-refractivity contribution >= 4 is 22.6 Å². The van der Waals surface area contributed by atoms with Gasteiger partial charge in [-0.2, -0.15) is 0 Å². The fraction of sp³-hybridized carbons (Fsp3) is 0.520. The number of ether oxygens (including phenoxy) is 1. The summed E-state index contributed by atoms with van der Waals surface area (Å²) in [4.78, 5) is 11.1. The fourth-order valence-electron chi connectivity index (χ4n) is 4.82. The summed E-state index contributed by atoms with van der Waals surface area (Å²) in [5, 5.41) is 0. The Balaban J connectivity index is 1.17. The van der Waals surface area contributed by atoms with Gasteiger partial charge in [0.05, 0.1) is 17.6 Å². The van der Waals surface area contributed by atoms with Crippen LogP contribution in [0.3, 0.4) is 0 Å². The van der Waals surface area contributed by atoms with Crippen molar-refractivity contribution in [2.75, 3.05) is 44.4 Å². The van der Waals surface area contributed by atoms with Gasteiger partial charge in [-0.3, -0.25) is 4.99 Å². The van der Waals surface area contributed by atoms with E-state index in [1.165, 1.54) is 30.4 Å². The molecule has 0 spiro atoms. The molecule has 0 aliphatic carbocycles. The molecule has 1 atom stereocenters. The number of fused-ring (bicyclic) bond motifs is 1. The maximum atomic E-state index is 11.7. The molecule has 2 aliphatic heterocycles. The van der Waals surface area contributed by atoms with Crippen molar-refractivity contribution in [3.05, 3.63) is 53.2 Å². The fourth-order valence-corrected chi connectivity index (χ4v) is 5.48. The molecule has 8 nitrogen and oxygen atoms in total. The van der Waals surface area contributed by atoms with Crippen LogP contribution in [0.1, 0.15) is 42.4 Å². The minimum absolute atomic E-state index is 0.635. The van der Waals surface area contributed by atoms with Crippen LogP contribution in [0.15, 0.2) is 41.5 Å². The first-order chi connectivity index (χ1) is 16.6. The maximum absolute atomic E-state index is 11.7. The summed E-state index contributed by atoms with van der Waals surface area (Å²) in [5.41, 5.74) is 6.08. The number of nitrogens with zero attached hydrogens (tertiary/aromatic N) is 4. The van der Waals surface area contributed by atoms with Crippen molar-refractivity contribution in [3.8, 4) is 5.75 Å². The largest absolute Gasteiger partial charge is 0.494 e. The van der Waals surface area contributed by atoms with Crippen molar-refractivity contribution in [2.45, 2.75) is 38.6 Å². The molecule has 0 radical (unpaired) electrons. The molecule has 1 aromatic carbocycles. The van der Waals surface area contributed by atoms with Crippen molar-refractivity contribution in [3.63, 3.8) is 0 Å². The van der Waals surface area contributed by atoms with Gasteiger partial charge in [-0.1, -0.05) is 6.07 Å². The molecule has 1 fully saturated rings. The second-order valence-electron chi connectivity index (χ2n) is 9.01. The van der Waals surface area contributed by atoms with Gasteiger partial charge in [-0.15, -0.1) is 0 Å². The maximum Gasteiger partial charge on any atom is 0.143 e. The third-order valence-corrected chi connectivity index (χ3v) is 7.90. The number of nitrogens with two attached hydrogens (primary N) is 1. The Morgan fingerprint density at radius 2 is 2.06 bits per heavy atom. The molecule has 2 aliphatic rings. The number of hydrazine groups is 1. The smallest absolute Gasteiger partial charge is 0.143 e. The third-order valence-electron chi connectivity index (χ3n) is 6.86. The normalized spacial score (nSPS) is 18.4. The minimum Gasteiger partial charge on any atom is -0.494 e. The summed E-state index contributed by atoms with van der Waals surface area (Å²) in [6.07, 6.45) is 9.14. The van der Waals surface area contributed by atoms with Crippen molar-refractivity contribution in [1.29, 1.82) is 0 Å². The van der Waals surface area contributed by atoms with Gasteiger partial charge in [-0.25, -0.2) is 19.3 Å². The molecule has 1 saturated heterocycles. The summed E-state index contributed by atoms with van der Waals surface area (Å²) >= 11 is 0. The molecule has 1 aromatic heterocycles. The van der Waals surface area contributed by atoms with Gasteiger partial charge in [-0.05, 0) is 73.4 Å². The van der Waals surface area contributed by atoms with E-state index in [1.54, 1.807) is 13.3 Å². The van der Waals surface area contributed by atoms with Gasteiger partial charge < -0.3 is 15.1 Å². The summed E-state index contributed by atoms with van der Waals surface area (Å²) in [5.74, 6) is 8.84. The standard InChI is InChI=1S/C25H36N6O2S/c1-27-25(29-26)21-6-8-24(28-17-21)30-12-9-19(10-13-30)4-3-15-33-23-7-5-22-18-31(34(2)32)14-11-20(22)16-23/h5-8,16-17,19H,3-4,9-15,18,26H2,1-2H3,(H,27,29). The molecule has 0 amide bonds. The van der Waals surface area contributed by atoms with E-state index in [1.807, 2.05) is 22.6 Å². The molecule has 4 rings (SSSR count). The number of aromatic nitrogens is 1. The first kappa shape index (κ1) is 24.6. The molecule has 2 aromatic rings. The van der Waals surface area contributed by atoms with Crippen LogP contribution in [0.5, 0.6) is 5.75 Å². The van der Waals surface area contributed by atoms with Crippen LogP contribution in [-0.4, -0.2) is 58.9 Å². The van der Waals surface area contributed by atoms with Crippen LogP contribution in [0.4, 0.5) is 5.82 Å². The van der Waals surface area contributed by atoms with Crippen LogP contribution in [0, 0.1) is 5.92 Å². The Morgan fingerprint density at radius 1 is 1.24 bits per heavy atom. The quantitative estimate of drug-likeness (QED) is 0.197. The first-order valence-electron chi connectivity index (χ1n) is 12.0. The Bertz CT molecular complexity index is 1000. The number of amidine groups is 1. The van der Waals surface area contributed by atoms with E-state index in [0.717, 1.165) is 68.7 Å². The van der Waals surface area contributed by atoms with Gasteiger partial charge in [0.2, 0.25) is 0 Å². The van der Waals surface area contributed by atoms with Gasteiger partial charge in [0.25, 0.3) is 0 Å². The molecule has 34 heavy (non-hydrogen) atoms. The highest BCUT2D eigenvalue weighted by molar-refractivity contribution is 7.81. The van der Waals surface area contributed by atoms with Gasteiger partial charge in [0, 0.05) is 51.2 Å². The lowest BCUT2D eigenvalue weighted by atomic mass is 9.92. The number of hydrogen-bond donors (Lipinski definition) is 2. The zero-order valence-electron chi connectivity index (χ0n) is 20.2. The van der Waals surface area contributed by atoms with Gasteiger partial charge >= 0.3 is 0 Å². The lowest BCUT2D eigenvalue weighted by Gasteiger charge is -2.33. The van der Waals surface area contributed by atoms with Crippen molar-refractivity contribution in [2.24, 2.45) is 16.8 Å². The molecule has 184 valence electrons. The number of benzene rings is 1. The molecule has 9 heteroatoms. The van der Waals surface area contributed by atoms with Gasteiger partial charge in [0.1, 0.15) is 17.4 Å². The highest BCUT2D eigenvalue weighted by Crippen LogP contribution is 2.27. The van der Waals surface area contributed by atoms with Crippen LogP contribution in [0.2, 0.25) is 0 Å². The number of anilines is 1. The SMILES string of the molecule is CN=C(NN)c1ccc(N2CCC(CCCOc3ccc4c(c3)CCN(S(C)=O)C4)CC2)nc1. The third kappa shape index (κ3) is 6.14. The monoisotopic (exact) mass is 484 g/mol. The number of nitrogens with one attached hydrogen (secondary N) is 1. The van der Waals surface area contributed by atoms with E-state index in [9.17, 15) is 4.21 Å².